The Labute approximate surface area is 99.3 Å². The Hall–Kier alpha value is -0.990. The van der Waals surface area contributed by atoms with E-state index in [1.54, 1.807) is 0 Å². The molecule has 0 aromatic heterocycles. The van der Waals surface area contributed by atoms with Crippen molar-refractivity contribution in [1.82, 2.24) is 5.32 Å². The average Bonchev–Trinajstić information content (AvgIpc) is 2.10. The molecule has 0 amide bonds. The molecular weight excluding hydrogens is 202 g/mol. The number of nitrogens with one attached hydrogen (secondary N) is 1. The summed E-state index contributed by atoms with van der Waals surface area (Å²) in [6.07, 6.45) is 4.45. The van der Waals surface area contributed by atoms with Gasteiger partial charge in [0.25, 0.3) is 0 Å². The van der Waals surface area contributed by atoms with Crippen LogP contribution in [0.1, 0.15) is 53.9 Å². The molecule has 3 nitrogen and oxygen atoms in total. The lowest BCUT2D eigenvalue weighted by Crippen LogP contribution is -2.24. The van der Waals surface area contributed by atoms with Gasteiger partial charge in [-0.25, -0.2) is 0 Å². The van der Waals surface area contributed by atoms with Crippen molar-refractivity contribution in [1.29, 1.82) is 0 Å². The Bertz CT molecular complexity index is 239. The third-order valence-corrected chi connectivity index (χ3v) is 1.89. The molecule has 16 heavy (non-hydrogen) atoms. The third kappa shape index (κ3) is 9.56. The van der Waals surface area contributed by atoms with Gasteiger partial charge in [0.05, 0.1) is 0 Å². The molecule has 0 saturated carbocycles. The first kappa shape index (κ1) is 15.0. The number of hydrogen-bond donors (Lipinski definition) is 1. The van der Waals surface area contributed by atoms with Crippen LogP contribution in [0.3, 0.4) is 0 Å². The van der Waals surface area contributed by atoms with Gasteiger partial charge >= 0.3 is 5.97 Å². The van der Waals surface area contributed by atoms with E-state index in [0.29, 0.717) is 6.42 Å². The van der Waals surface area contributed by atoms with Crippen molar-refractivity contribution in [3.63, 3.8) is 0 Å². The number of allylic oxidation sites excluding steroid dienone is 2. The van der Waals surface area contributed by atoms with Crippen LogP contribution in [0.15, 0.2) is 11.8 Å². The Morgan fingerprint density at radius 1 is 1.38 bits per heavy atom. The van der Waals surface area contributed by atoms with Gasteiger partial charge in [-0.1, -0.05) is 13.0 Å². The highest BCUT2D eigenvalue weighted by atomic mass is 16.6. The molecule has 0 aromatic carbocycles. The second kappa shape index (κ2) is 7.31. The van der Waals surface area contributed by atoms with E-state index in [9.17, 15) is 4.79 Å². The SMILES string of the molecule is CC/C=C(\C)NCCCC(=O)OC(C)(C)C. The summed E-state index contributed by atoms with van der Waals surface area (Å²) in [7, 11) is 0. The van der Waals surface area contributed by atoms with Gasteiger partial charge in [-0.2, -0.15) is 0 Å². The molecule has 0 spiro atoms. The Balaban J connectivity index is 3.60. The van der Waals surface area contributed by atoms with Crippen LogP contribution in [0.2, 0.25) is 0 Å². The van der Waals surface area contributed by atoms with E-state index >= 15 is 0 Å². The number of carbonyl (C=O) groups excluding carboxylic acids is 1. The molecule has 0 aliphatic carbocycles. The first-order chi connectivity index (χ1) is 7.35. The van der Waals surface area contributed by atoms with Crippen molar-refractivity contribution in [3.8, 4) is 0 Å². The van der Waals surface area contributed by atoms with Gasteiger partial charge in [-0.3, -0.25) is 4.79 Å². The molecule has 0 aromatic rings. The predicted molar refractivity (Wildman–Crippen MR) is 67.1 cm³/mol. The molecule has 1 N–H and O–H groups in total. The largest absolute Gasteiger partial charge is 0.460 e. The van der Waals surface area contributed by atoms with Gasteiger partial charge in [0.1, 0.15) is 5.60 Å². The molecule has 0 unspecified atom stereocenters. The predicted octanol–water partition coefficient (Wildman–Crippen LogP) is 3.01. The van der Waals surface area contributed by atoms with Gasteiger partial charge in [0.15, 0.2) is 0 Å². The van der Waals surface area contributed by atoms with E-state index in [1.165, 1.54) is 5.70 Å². The summed E-state index contributed by atoms with van der Waals surface area (Å²) >= 11 is 0. The van der Waals surface area contributed by atoms with Gasteiger partial charge in [0.2, 0.25) is 0 Å². The minimum atomic E-state index is -0.372. The molecule has 94 valence electrons. The number of rotatable bonds is 6. The highest BCUT2D eigenvalue weighted by Crippen LogP contribution is 2.08. The van der Waals surface area contributed by atoms with Crippen LogP contribution in [0.25, 0.3) is 0 Å². The second-order valence-corrected chi connectivity index (χ2v) is 4.91. The van der Waals surface area contributed by atoms with Crippen LogP contribution >= 0.6 is 0 Å². The molecule has 0 bridgehead atoms. The van der Waals surface area contributed by atoms with E-state index in [1.807, 2.05) is 27.7 Å². The Morgan fingerprint density at radius 3 is 2.50 bits per heavy atom. The number of ether oxygens (including phenoxy) is 1. The highest BCUT2D eigenvalue weighted by Gasteiger charge is 2.15. The lowest BCUT2D eigenvalue weighted by atomic mass is 10.2. The van der Waals surface area contributed by atoms with Crippen molar-refractivity contribution in [2.45, 2.75) is 59.5 Å². The molecule has 0 aliphatic rings. The second-order valence-electron chi connectivity index (χ2n) is 4.91. The lowest BCUT2D eigenvalue weighted by molar-refractivity contribution is -0.154. The van der Waals surface area contributed by atoms with Crippen LogP contribution < -0.4 is 5.32 Å². The molecule has 0 radical (unpaired) electrons. The fourth-order valence-corrected chi connectivity index (χ4v) is 1.29. The van der Waals surface area contributed by atoms with Crippen LogP contribution in [-0.4, -0.2) is 18.1 Å². The fourth-order valence-electron chi connectivity index (χ4n) is 1.29. The topological polar surface area (TPSA) is 38.3 Å². The lowest BCUT2D eigenvalue weighted by Gasteiger charge is -2.19. The number of hydrogen-bond acceptors (Lipinski definition) is 3. The highest BCUT2D eigenvalue weighted by molar-refractivity contribution is 5.69. The van der Waals surface area contributed by atoms with Crippen LogP contribution in [-0.2, 0) is 9.53 Å². The minimum Gasteiger partial charge on any atom is -0.460 e. The van der Waals surface area contributed by atoms with E-state index in [2.05, 4.69) is 18.3 Å². The quantitative estimate of drug-likeness (QED) is 0.560. The zero-order valence-corrected chi connectivity index (χ0v) is 11.2. The van der Waals surface area contributed by atoms with Gasteiger partial charge in [-0.15, -0.1) is 0 Å². The van der Waals surface area contributed by atoms with Crippen LogP contribution in [0, 0.1) is 0 Å². The summed E-state index contributed by atoms with van der Waals surface area (Å²) in [6.45, 7) is 10.6. The van der Waals surface area contributed by atoms with Crippen molar-refractivity contribution in [3.05, 3.63) is 11.8 Å². The summed E-state index contributed by atoms with van der Waals surface area (Å²) in [5, 5.41) is 3.26. The van der Waals surface area contributed by atoms with Crippen molar-refractivity contribution in [2.75, 3.05) is 6.54 Å². The first-order valence-electron chi connectivity index (χ1n) is 5.97. The van der Waals surface area contributed by atoms with Crippen molar-refractivity contribution >= 4 is 5.97 Å². The maximum absolute atomic E-state index is 11.4. The van der Waals surface area contributed by atoms with E-state index in [4.69, 9.17) is 4.74 Å². The van der Waals surface area contributed by atoms with Crippen LogP contribution in [0.4, 0.5) is 0 Å². The summed E-state index contributed by atoms with van der Waals surface area (Å²) < 4.78 is 5.21. The molecule has 0 atom stereocenters. The Kier molecular flexibility index (Phi) is 6.86. The molecular formula is C13H25NO2. The average molecular weight is 227 g/mol. The monoisotopic (exact) mass is 227 g/mol. The molecule has 0 rings (SSSR count). The van der Waals surface area contributed by atoms with Gasteiger partial charge in [-0.05, 0) is 40.5 Å². The zero-order valence-electron chi connectivity index (χ0n) is 11.2. The maximum atomic E-state index is 11.4. The third-order valence-electron chi connectivity index (χ3n) is 1.89. The van der Waals surface area contributed by atoms with Gasteiger partial charge < -0.3 is 10.1 Å². The molecule has 0 heterocycles. The fraction of sp³-hybridized carbons (Fsp3) is 0.769. The van der Waals surface area contributed by atoms with Crippen molar-refractivity contribution in [2.24, 2.45) is 0 Å². The molecule has 0 saturated heterocycles. The summed E-state index contributed by atoms with van der Waals surface area (Å²) in [4.78, 5) is 11.4. The van der Waals surface area contributed by atoms with E-state index in [0.717, 1.165) is 19.4 Å². The normalized spacial score (nSPS) is 12.4. The maximum Gasteiger partial charge on any atom is 0.306 e. The standard InChI is InChI=1S/C13H25NO2/c1-6-8-11(2)14-10-7-9-12(15)16-13(3,4)5/h8,14H,6-7,9-10H2,1-5H3/b11-8+. The summed E-state index contributed by atoms with van der Waals surface area (Å²) in [5.74, 6) is -0.119. The zero-order chi connectivity index (χ0) is 12.6. The van der Waals surface area contributed by atoms with E-state index < -0.39 is 0 Å². The van der Waals surface area contributed by atoms with Crippen LogP contribution in [0.5, 0.6) is 0 Å². The summed E-state index contributed by atoms with van der Waals surface area (Å²) in [6, 6.07) is 0. The molecule has 0 fully saturated rings. The molecule has 3 heteroatoms. The Morgan fingerprint density at radius 2 is 2.00 bits per heavy atom. The molecule has 0 aliphatic heterocycles. The summed E-state index contributed by atoms with van der Waals surface area (Å²) in [5.41, 5.74) is 0.800. The number of carbonyl (C=O) groups is 1. The van der Waals surface area contributed by atoms with Gasteiger partial charge in [0, 0.05) is 18.7 Å². The number of esters is 1. The smallest absolute Gasteiger partial charge is 0.306 e. The van der Waals surface area contributed by atoms with E-state index in [-0.39, 0.29) is 11.6 Å². The first-order valence-corrected chi connectivity index (χ1v) is 5.97. The van der Waals surface area contributed by atoms with Crippen molar-refractivity contribution < 1.29 is 9.53 Å². The minimum absolute atomic E-state index is 0.119.